The lowest BCUT2D eigenvalue weighted by atomic mass is 10.0. The minimum atomic E-state index is -2.72. The zero-order chi connectivity index (χ0) is 13.0. The van der Waals surface area contributed by atoms with E-state index in [0.717, 1.165) is 0 Å². The van der Waals surface area contributed by atoms with Crippen molar-refractivity contribution in [2.45, 2.75) is 19.4 Å². The third-order valence-corrected chi connectivity index (χ3v) is 2.92. The number of carbonyl (C=O) groups excluding carboxylic acids is 1. The van der Waals surface area contributed by atoms with Crippen LogP contribution in [-0.2, 0) is 22.5 Å². The summed E-state index contributed by atoms with van der Waals surface area (Å²) >= 11 is 3.05. The van der Waals surface area contributed by atoms with E-state index >= 15 is 0 Å². The molecule has 0 aliphatic rings. The van der Waals surface area contributed by atoms with Crippen molar-refractivity contribution in [2.24, 2.45) is 5.73 Å². The summed E-state index contributed by atoms with van der Waals surface area (Å²) < 4.78 is 30.6. The van der Waals surface area contributed by atoms with Gasteiger partial charge in [0.2, 0.25) is 0 Å². The van der Waals surface area contributed by atoms with Crippen LogP contribution < -0.4 is 5.73 Å². The summed E-state index contributed by atoms with van der Waals surface area (Å²) in [5.74, 6) is -0.598. The van der Waals surface area contributed by atoms with E-state index in [9.17, 15) is 13.6 Å². The monoisotopic (exact) mass is 308 g/mol. The van der Waals surface area contributed by atoms with Gasteiger partial charge in [0.25, 0.3) is 6.43 Å². The topological polar surface area (TPSA) is 65.2 Å². The molecule has 17 heavy (non-hydrogen) atoms. The number of ether oxygens (including phenoxy) is 1. The van der Waals surface area contributed by atoms with Crippen LogP contribution in [0, 0.1) is 0 Å². The van der Waals surface area contributed by atoms with E-state index in [1.807, 2.05) is 0 Å². The number of halogens is 3. The van der Waals surface area contributed by atoms with Gasteiger partial charge in [0.15, 0.2) is 0 Å². The molecular weight excluding hydrogens is 298 g/mol. The van der Waals surface area contributed by atoms with Crippen LogP contribution in [0.25, 0.3) is 0 Å². The molecule has 0 aliphatic heterocycles. The molecule has 0 aliphatic carbocycles. The van der Waals surface area contributed by atoms with Gasteiger partial charge >= 0.3 is 5.97 Å². The number of alkyl halides is 2. The van der Waals surface area contributed by atoms with Crippen molar-refractivity contribution in [3.05, 3.63) is 27.5 Å². The molecule has 1 aromatic rings. The van der Waals surface area contributed by atoms with Crippen molar-refractivity contribution in [1.82, 2.24) is 4.98 Å². The lowest BCUT2D eigenvalue weighted by molar-refractivity contribution is -0.139. The largest absolute Gasteiger partial charge is 0.469 e. The molecule has 1 heterocycles. The van der Waals surface area contributed by atoms with Gasteiger partial charge < -0.3 is 10.5 Å². The number of hydrogen-bond donors (Lipinski definition) is 1. The fourth-order valence-electron chi connectivity index (χ4n) is 1.42. The molecular formula is C10H11BrF2N2O2. The van der Waals surface area contributed by atoms with E-state index in [0.29, 0.717) is 0 Å². The number of hydrogen-bond acceptors (Lipinski definition) is 4. The highest BCUT2D eigenvalue weighted by Gasteiger charge is 2.21. The van der Waals surface area contributed by atoms with E-state index in [1.165, 1.54) is 13.3 Å². The second-order valence-corrected chi connectivity index (χ2v) is 3.98. The second-order valence-electron chi connectivity index (χ2n) is 3.22. The fourth-order valence-corrected chi connectivity index (χ4v) is 1.90. The Balaban J connectivity index is 3.25. The molecule has 0 saturated heterocycles. The van der Waals surface area contributed by atoms with E-state index < -0.39 is 12.4 Å². The van der Waals surface area contributed by atoms with Crippen LogP contribution in [0.1, 0.15) is 23.1 Å². The number of nitrogens with two attached hydrogens (primary N) is 1. The van der Waals surface area contributed by atoms with E-state index in [-0.39, 0.29) is 34.3 Å². The van der Waals surface area contributed by atoms with E-state index in [1.54, 1.807) is 0 Å². The first-order chi connectivity index (χ1) is 8.01. The number of pyridine rings is 1. The van der Waals surface area contributed by atoms with Crippen molar-refractivity contribution in [3.8, 4) is 0 Å². The predicted octanol–water partition coefficient (Wildman–Crippen LogP) is 1.96. The van der Waals surface area contributed by atoms with Gasteiger partial charge in [0.05, 0.1) is 13.5 Å². The van der Waals surface area contributed by atoms with Gasteiger partial charge in [-0.3, -0.25) is 4.79 Å². The zero-order valence-corrected chi connectivity index (χ0v) is 10.6. The average Bonchev–Trinajstić information content (AvgIpc) is 2.30. The minimum absolute atomic E-state index is 0.0811. The molecule has 1 aromatic heterocycles. The number of esters is 1. The highest BCUT2D eigenvalue weighted by atomic mass is 79.9. The lowest BCUT2D eigenvalue weighted by Crippen LogP contribution is -2.12. The number of carbonyl (C=O) groups is 1. The van der Waals surface area contributed by atoms with Crippen molar-refractivity contribution in [2.75, 3.05) is 7.11 Å². The molecule has 0 aromatic carbocycles. The molecule has 4 nitrogen and oxygen atoms in total. The highest BCUT2D eigenvalue weighted by Crippen LogP contribution is 2.30. The second kappa shape index (κ2) is 6.02. The molecule has 7 heteroatoms. The van der Waals surface area contributed by atoms with Crippen molar-refractivity contribution >= 4 is 21.9 Å². The molecule has 2 N–H and O–H groups in total. The van der Waals surface area contributed by atoms with Gasteiger partial charge in [0.1, 0.15) is 4.60 Å². The molecule has 0 unspecified atom stereocenters. The van der Waals surface area contributed by atoms with Gasteiger partial charge in [-0.15, -0.1) is 0 Å². The summed E-state index contributed by atoms with van der Waals surface area (Å²) in [6, 6.07) is 0. The number of aromatic nitrogens is 1. The Morgan fingerprint density at radius 1 is 1.65 bits per heavy atom. The maximum atomic E-state index is 13.0. The van der Waals surface area contributed by atoms with Crippen LogP contribution in [-0.4, -0.2) is 18.1 Å². The van der Waals surface area contributed by atoms with E-state index in [4.69, 9.17) is 5.73 Å². The summed E-state index contributed by atoms with van der Waals surface area (Å²) in [7, 11) is 1.19. The molecule has 0 bridgehead atoms. The van der Waals surface area contributed by atoms with Crippen LogP contribution >= 0.6 is 15.9 Å². The molecule has 0 amide bonds. The minimum Gasteiger partial charge on any atom is -0.469 e. The summed E-state index contributed by atoms with van der Waals surface area (Å²) in [4.78, 5) is 15.0. The Morgan fingerprint density at radius 3 is 2.76 bits per heavy atom. The third kappa shape index (κ3) is 3.19. The molecule has 1 rings (SSSR count). The fraction of sp³-hybridized carbons (Fsp3) is 0.400. The van der Waals surface area contributed by atoms with Crippen molar-refractivity contribution in [3.63, 3.8) is 0 Å². The van der Waals surface area contributed by atoms with Crippen LogP contribution in [0.3, 0.4) is 0 Å². The number of nitrogens with zero attached hydrogens (tertiary/aromatic N) is 1. The Kier molecular flexibility index (Phi) is 4.95. The van der Waals surface area contributed by atoms with Gasteiger partial charge in [-0.05, 0) is 21.5 Å². The summed E-state index contributed by atoms with van der Waals surface area (Å²) in [6.07, 6.45) is -1.74. The van der Waals surface area contributed by atoms with Crippen LogP contribution in [0.4, 0.5) is 8.78 Å². The normalized spacial score (nSPS) is 10.7. The molecule has 0 fully saturated rings. The highest BCUT2D eigenvalue weighted by molar-refractivity contribution is 9.10. The first-order valence-electron chi connectivity index (χ1n) is 4.72. The summed E-state index contributed by atoms with van der Waals surface area (Å²) in [5.41, 5.74) is 5.50. The maximum Gasteiger partial charge on any atom is 0.310 e. The molecule has 0 atom stereocenters. The zero-order valence-electron chi connectivity index (χ0n) is 9.04. The Hall–Kier alpha value is -1.08. The number of methoxy groups -OCH3 is 1. The molecule has 94 valence electrons. The van der Waals surface area contributed by atoms with Gasteiger partial charge in [-0.2, -0.15) is 0 Å². The molecule has 0 saturated carbocycles. The van der Waals surface area contributed by atoms with Gasteiger partial charge in [-0.1, -0.05) is 0 Å². The van der Waals surface area contributed by atoms with Gasteiger partial charge in [-0.25, -0.2) is 13.8 Å². The molecule has 0 spiro atoms. The summed E-state index contributed by atoms with van der Waals surface area (Å²) in [5, 5.41) is 0. The smallest absolute Gasteiger partial charge is 0.310 e. The van der Waals surface area contributed by atoms with Crippen molar-refractivity contribution in [1.29, 1.82) is 0 Å². The van der Waals surface area contributed by atoms with Crippen LogP contribution in [0.5, 0.6) is 0 Å². The van der Waals surface area contributed by atoms with E-state index in [2.05, 4.69) is 25.7 Å². The lowest BCUT2D eigenvalue weighted by Gasteiger charge is -2.13. The SMILES string of the molecule is COC(=O)Cc1cnc(Br)c(CN)c1C(F)F. The van der Waals surface area contributed by atoms with Crippen LogP contribution in [0.15, 0.2) is 10.8 Å². The molecule has 0 radical (unpaired) electrons. The predicted molar refractivity (Wildman–Crippen MR) is 60.5 cm³/mol. The maximum absolute atomic E-state index is 13.0. The van der Waals surface area contributed by atoms with Crippen LogP contribution in [0.2, 0.25) is 0 Å². The number of rotatable bonds is 4. The Bertz CT molecular complexity index is 427. The van der Waals surface area contributed by atoms with Crippen molar-refractivity contribution < 1.29 is 18.3 Å². The standard InChI is InChI=1S/C10H11BrF2N2O2/c1-17-7(16)2-5-4-15-9(11)6(3-14)8(5)10(12)13/h4,10H,2-3,14H2,1H3. The quantitative estimate of drug-likeness (QED) is 0.682. The van der Waals surface area contributed by atoms with Gasteiger partial charge in [0, 0.05) is 23.9 Å². The Morgan fingerprint density at radius 2 is 2.29 bits per heavy atom. The first kappa shape index (κ1) is 14.0. The first-order valence-corrected chi connectivity index (χ1v) is 5.51. The summed E-state index contributed by atoms with van der Waals surface area (Å²) in [6.45, 7) is -0.0811. The Labute approximate surface area is 105 Å². The third-order valence-electron chi connectivity index (χ3n) is 2.24. The average molecular weight is 309 g/mol.